The smallest absolute Gasteiger partial charge is 0.241 e. The monoisotopic (exact) mass is 394 g/mol. The maximum absolute atomic E-state index is 12.3. The molecule has 0 radical (unpaired) electrons. The van der Waals surface area contributed by atoms with Crippen LogP contribution in [0.2, 0.25) is 0 Å². The van der Waals surface area contributed by atoms with Gasteiger partial charge < -0.3 is 5.32 Å². The minimum absolute atomic E-state index is 0.291. The van der Waals surface area contributed by atoms with Gasteiger partial charge in [-0.3, -0.25) is 0 Å². The van der Waals surface area contributed by atoms with Gasteiger partial charge in [-0.15, -0.1) is 0 Å². The summed E-state index contributed by atoms with van der Waals surface area (Å²) in [6.45, 7) is 6.19. The molecule has 0 fully saturated rings. The normalized spacial score (nSPS) is 13.3. The molecule has 4 nitrogen and oxygen atoms in total. The van der Waals surface area contributed by atoms with Crippen LogP contribution in [-0.4, -0.2) is 33.0 Å². The van der Waals surface area contributed by atoms with Crippen molar-refractivity contribution >= 4 is 37.7 Å². The summed E-state index contributed by atoms with van der Waals surface area (Å²) in [6, 6.07) is 5.34. The first-order chi connectivity index (χ1) is 9.90. The van der Waals surface area contributed by atoms with Crippen LogP contribution < -0.4 is 10.0 Å². The first-order valence-corrected chi connectivity index (χ1v) is 10.5. The molecular weight excluding hydrogens is 372 g/mol. The Bertz CT molecular complexity index is 550. The van der Waals surface area contributed by atoms with Crippen molar-refractivity contribution in [3.05, 3.63) is 28.2 Å². The molecule has 0 aliphatic heterocycles. The summed E-state index contributed by atoms with van der Waals surface area (Å²) in [6.07, 6.45) is 2.84. The van der Waals surface area contributed by atoms with E-state index < -0.39 is 10.0 Å². The van der Waals surface area contributed by atoms with Crippen LogP contribution >= 0.6 is 27.7 Å². The predicted octanol–water partition coefficient (Wildman–Crippen LogP) is 2.98. The molecule has 2 N–H and O–H groups in total. The summed E-state index contributed by atoms with van der Waals surface area (Å²) in [5.41, 5.74) is 1.05. The molecule has 120 valence electrons. The van der Waals surface area contributed by atoms with Gasteiger partial charge >= 0.3 is 0 Å². The lowest BCUT2D eigenvalue weighted by atomic mass is 10.2. The number of halogens is 1. The molecule has 0 amide bonds. The summed E-state index contributed by atoms with van der Waals surface area (Å²) in [4.78, 5) is 0.291. The summed E-state index contributed by atoms with van der Waals surface area (Å²) < 4.78 is 27.8. The van der Waals surface area contributed by atoms with E-state index in [1.807, 2.05) is 25.3 Å². The van der Waals surface area contributed by atoms with E-state index in [0.717, 1.165) is 25.1 Å². The lowest BCUT2D eigenvalue weighted by Crippen LogP contribution is -2.26. The van der Waals surface area contributed by atoms with Crippen LogP contribution in [0, 0.1) is 0 Å². The van der Waals surface area contributed by atoms with E-state index in [-0.39, 0.29) is 0 Å². The molecule has 0 heterocycles. The summed E-state index contributed by atoms with van der Waals surface area (Å²) in [5.74, 6) is 0. The van der Waals surface area contributed by atoms with Crippen molar-refractivity contribution < 1.29 is 8.42 Å². The van der Waals surface area contributed by atoms with Crippen LogP contribution in [0.3, 0.4) is 0 Å². The zero-order valence-corrected chi connectivity index (χ0v) is 15.9. The Kier molecular flexibility index (Phi) is 8.26. The topological polar surface area (TPSA) is 58.2 Å². The Morgan fingerprint density at radius 3 is 2.67 bits per heavy atom. The quantitative estimate of drug-likeness (QED) is 0.675. The van der Waals surface area contributed by atoms with E-state index in [0.29, 0.717) is 21.2 Å². The van der Waals surface area contributed by atoms with Crippen molar-refractivity contribution in [2.45, 2.75) is 37.0 Å². The van der Waals surface area contributed by atoms with Gasteiger partial charge in [0.2, 0.25) is 10.0 Å². The van der Waals surface area contributed by atoms with E-state index in [4.69, 9.17) is 0 Å². The van der Waals surface area contributed by atoms with Crippen molar-refractivity contribution in [1.29, 1.82) is 0 Å². The van der Waals surface area contributed by atoms with E-state index in [2.05, 4.69) is 32.9 Å². The number of rotatable bonds is 9. The van der Waals surface area contributed by atoms with Crippen molar-refractivity contribution in [3.8, 4) is 0 Å². The van der Waals surface area contributed by atoms with Crippen LogP contribution in [0.25, 0.3) is 0 Å². The second-order valence-electron chi connectivity index (χ2n) is 4.78. The second kappa shape index (κ2) is 9.15. The molecule has 7 heteroatoms. The molecule has 0 saturated heterocycles. The maximum Gasteiger partial charge on any atom is 0.241 e. The Hall–Kier alpha value is -0.0800. The summed E-state index contributed by atoms with van der Waals surface area (Å²) in [7, 11) is -3.46. The third-order valence-corrected chi connectivity index (χ3v) is 6.59. The number of nitrogens with one attached hydrogen (secondary N) is 2. The Balaban J connectivity index is 2.74. The number of hydrogen-bond acceptors (Lipinski definition) is 4. The van der Waals surface area contributed by atoms with Gasteiger partial charge in [0.15, 0.2) is 0 Å². The van der Waals surface area contributed by atoms with E-state index in [1.54, 1.807) is 17.8 Å². The largest absolute Gasteiger partial charge is 0.313 e. The van der Waals surface area contributed by atoms with Crippen LogP contribution in [0.15, 0.2) is 27.6 Å². The minimum atomic E-state index is -3.46. The molecule has 0 bridgehead atoms. The fraction of sp³-hybridized carbons (Fsp3) is 0.571. The zero-order valence-electron chi connectivity index (χ0n) is 12.6. The standard InChI is InChI=1S/C14H23BrN2O2S2/c1-4-16-10-12-5-6-14(13(15)9-12)21(18,19)17-8-7-11(2)20-3/h5-6,9,11,16-17H,4,7-8,10H2,1-3H3. The average Bonchev–Trinajstić information content (AvgIpc) is 2.44. The third-order valence-electron chi connectivity index (χ3n) is 3.11. The highest BCUT2D eigenvalue weighted by Gasteiger charge is 2.17. The van der Waals surface area contributed by atoms with Crippen LogP contribution in [-0.2, 0) is 16.6 Å². The highest BCUT2D eigenvalue weighted by Crippen LogP contribution is 2.23. The highest BCUT2D eigenvalue weighted by molar-refractivity contribution is 9.10. The lowest BCUT2D eigenvalue weighted by molar-refractivity contribution is 0.578. The highest BCUT2D eigenvalue weighted by atomic mass is 79.9. The first-order valence-electron chi connectivity index (χ1n) is 6.92. The second-order valence-corrected chi connectivity index (χ2v) is 8.64. The molecule has 1 atom stereocenters. The Morgan fingerprint density at radius 2 is 2.10 bits per heavy atom. The molecule has 0 aromatic heterocycles. The van der Waals surface area contributed by atoms with Crippen LogP contribution in [0.4, 0.5) is 0 Å². The average molecular weight is 395 g/mol. The first kappa shape index (κ1) is 19.0. The van der Waals surface area contributed by atoms with Crippen LogP contribution in [0.5, 0.6) is 0 Å². The van der Waals surface area contributed by atoms with Crippen molar-refractivity contribution in [2.75, 3.05) is 19.3 Å². The molecule has 0 aliphatic carbocycles. The number of benzene rings is 1. The molecule has 1 aromatic rings. The summed E-state index contributed by atoms with van der Waals surface area (Å²) in [5, 5.41) is 3.66. The van der Waals surface area contributed by atoms with Gasteiger partial charge in [-0.05, 0) is 52.8 Å². The minimum Gasteiger partial charge on any atom is -0.313 e. The molecular formula is C14H23BrN2O2S2. The molecule has 1 aromatic carbocycles. The SMILES string of the molecule is CCNCc1ccc(S(=O)(=O)NCCC(C)SC)c(Br)c1. The van der Waals surface area contributed by atoms with Gasteiger partial charge in [0, 0.05) is 22.8 Å². The van der Waals surface area contributed by atoms with E-state index in [9.17, 15) is 8.42 Å². The van der Waals surface area contributed by atoms with Gasteiger partial charge in [0.25, 0.3) is 0 Å². The Morgan fingerprint density at radius 1 is 1.38 bits per heavy atom. The molecule has 21 heavy (non-hydrogen) atoms. The molecule has 0 spiro atoms. The molecule has 1 rings (SSSR count). The van der Waals surface area contributed by atoms with Crippen molar-refractivity contribution in [1.82, 2.24) is 10.0 Å². The fourth-order valence-electron chi connectivity index (χ4n) is 1.73. The number of sulfonamides is 1. The maximum atomic E-state index is 12.3. The van der Waals surface area contributed by atoms with Gasteiger partial charge in [0.05, 0.1) is 4.90 Å². The number of hydrogen-bond donors (Lipinski definition) is 2. The summed E-state index contributed by atoms with van der Waals surface area (Å²) >= 11 is 5.09. The van der Waals surface area contributed by atoms with Crippen LogP contribution in [0.1, 0.15) is 25.8 Å². The molecule has 0 aliphatic rings. The van der Waals surface area contributed by atoms with Gasteiger partial charge in [-0.25, -0.2) is 13.1 Å². The van der Waals surface area contributed by atoms with Gasteiger partial charge in [-0.2, -0.15) is 11.8 Å². The third kappa shape index (κ3) is 6.28. The van der Waals surface area contributed by atoms with E-state index in [1.165, 1.54) is 0 Å². The molecule has 1 unspecified atom stereocenters. The van der Waals surface area contributed by atoms with Gasteiger partial charge in [0.1, 0.15) is 0 Å². The van der Waals surface area contributed by atoms with Gasteiger partial charge in [-0.1, -0.05) is 19.9 Å². The molecule has 0 saturated carbocycles. The Labute approximate surface area is 140 Å². The zero-order chi connectivity index (χ0) is 15.9. The van der Waals surface area contributed by atoms with Crippen molar-refractivity contribution in [3.63, 3.8) is 0 Å². The number of thioether (sulfide) groups is 1. The van der Waals surface area contributed by atoms with Crippen molar-refractivity contribution in [2.24, 2.45) is 0 Å². The van der Waals surface area contributed by atoms with E-state index >= 15 is 0 Å². The predicted molar refractivity (Wildman–Crippen MR) is 94.3 cm³/mol. The fourth-order valence-corrected chi connectivity index (χ4v) is 4.26. The lowest BCUT2D eigenvalue weighted by Gasteiger charge is -2.12.